The summed E-state index contributed by atoms with van der Waals surface area (Å²) in [6.07, 6.45) is 54.3. The predicted octanol–water partition coefficient (Wildman–Crippen LogP) is 16.4. The maximum absolute atomic E-state index is 11.9. The maximum atomic E-state index is 11.9. The van der Waals surface area contributed by atoms with Gasteiger partial charge in [-0.05, 0) is 30.7 Å². The van der Waals surface area contributed by atoms with Crippen molar-refractivity contribution in [2.45, 2.75) is 251 Å². The Morgan fingerprint density at radius 3 is 0.882 bits per heavy atom. The molecule has 4 heteroatoms. The molecule has 1 rings (SSSR count). The van der Waals surface area contributed by atoms with Gasteiger partial charge in [-0.1, -0.05) is 244 Å². The molecule has 0 aliphatic heterocycles. The normalized spacial score (nSPS) is 11.3. The molecule has 51 heavy (non-hydrogen) atoms. The van der Waals surface area contributed by atoms with Crippen LogP contribution in [-0.2, 0) is 0 Å². The number of carbonyl (C=O) groups is 1. The smallest absolute Gasteiger partial charge is 0.319 e. The molecular formula is C47H88N2O2. The van der Waals surface area contributed by atoms with Crippen LogP contribution < -0.4 is 10.6 Å². The lowest BCUT2D eigenvalue weighted by atomic mass is 10.0. The number of benzene rings is 1. The third kappa shape index (κ3) is 36.4. The molecule has 0 unspecified atom stereocenters. The van der Waals surface area contributed by atoms with Gasteiger partial charge in [0.05, 0.1) is 0 Å². The van der Waals surface area contributed by atoms with Crippen LogP contribution >= 0.6 is 0 Å². The molecule has 298 valence electrons. The van der Waals surface area contributed by atoms with Crippen molar-refractivity contribution in [1.29, 1.82) is 0 Å². The lowest BCUT2D eigenvalue weighted by Crippen LogP contribution is -2.29. The van der Waals surface area contributed by atoms with Gasteiger partial charge in [0, 0.05) is 12.2 Å². The van der Waals surface area contributed by atoms with Crippen LogP contribution in [0.4, 0.5) is 10.5 Å². The first-order valence-electron chi connectivity index (χ1n) is 23.1. The van der Waals surface area contributed by atoms with Gasteiger partial charge in [-0.25, -0.2) is 4.79 Å². The standard InChI is InChI=1S/C47H88N2O2/c1-2-3-4-5-6-7-8-9-10-11-12-13-14-15-16-17-18-19-20-21-22-23-24-25-26-27-28-29-30-31-32-33-34-35-36-37-38-39-44-48-47(51)49-45-40-42-46(50)43-41-45/h40-43,50H,2-39,44H2,1H3,(H2,48,49,51). The van der Waals surface area contributed by atoms with E-state index >= 15 is 0 Å². The predicted molar refractivity (Wildman–Crippen MR) is 226 cm³/mol. The molecule has 0 atom stereocenters. The van der Waals surface area contributed by atoms with E-state index in [1.807, 2.05) is 0 Å². The van der Waals surface area contributed by atoms with Crippen LogP contribution in [0.15, 0.2) is 24.3 Å². The van der Waals surface area contributed by atoms with Crippen molar-refractivity contribution < 1.29 is 9.90 Å². The summed E-state index contributed by atoms with van der Waals surface area (Å²) in [5.41, 5.74) is 0.692. The maximum Gasteiger partial charge on any atom is 0.319 e. The van der Waals surface area contributed by atoms with Gasteiger partial charge in [-0.15, -0.1) is 0 Å². The molecule has 0 bridgehead atoms. The van der Waals surface area contributed by atoms with Crippen LogP contribution in [0.1, 0.15) is 251 Å². The van der Waals surface area contributed by atoms with Gasteiger partial charge in [0.1, 0.15) is 5.75 Å². The van der Waals surface area contributed by atoms with Crippen molar-refractivity contribution >= 4 is 11.7 Å². The molecule has 0 saturated heterocycles. The second-order valence-electron chi connectivity index (χ2n) is 16.0. The number of rotatable bonds is 40. The van der Waals surface area contributed by atoms with Gasteiger partial charge in [0.2, 0.25) is 0 Å². The molecule has 0 saturated carbocycles. The largest absolute Gasteiger partial charge is 0.508 e. The van der Waals surface area contributed by atoms with Crippen molar-refractivity contribution in [3.05, 3.63) is 24.3 Å². The fourth-order valence-corrected chi connectivity index (χ4v) is 7.48. The second-order valence-corrected chi connectivity index (χ2v) is 16.0. The number of carbonyl (C=O) groups excluding carboxylic acids is 1. The molecule has 0 spiro atoms. The van der Waals surface area contributed by atoms with E-state index in [1.165, 1.54) is 238 Å². The number of phenolic OH excluding ortho intramolecular Hbond substituents is 1. The number of unbranched alkanes of at least 4 members (excludes halogenated alkanes) is 37. The zero-order valence-electron chi connectivity index (χ0n) is 34.2. The number of phenols is 1. The van der Waals surface area contributed by atoms with Gasteiger partial charge in [0.25, 0.3) is 0 Å². The van der Waals surface area contributed by atoms with Crippen molar-refractivity contribution in [2.24, 2.45) is 0 Å². The molecule has 0 aliphatic carbocycles. The molecule has 0 aromatic heterocycles. The fraction of sp³-hybridized carbons (Fsp3) is 0.851. The van der Waals surface area contributed by atoms with Crippen LogP contribution in [0.2, 0.25) is 0 Å². The molecule has 0 radical (unpaired) electrons. The summed E-state index contributed by atoms with van der Waals surface area (Å²) in [5.74, 6) is 0.202. The van der Waals surface area contributed by atoms with E-state index in [4.69, 9.17) is 0 Å². The first-order valence-corrected chi connectivity index (χ1v) is 23.1. The van der Waals surface area contributed by atoms with E-state index in [2.05, 4.69) is 17.6 Å². The monoisotopic (exact) mass is 713 g/mol. The molecule has 0 fully saturated rings. The van der Waals surface area contributed by atoms with Crippen LogP contribution in [0.3, 0.4) is 0 Å². The third-order valence-electron chi connectivity index (χ3n) is 10.9. The van der Waals surface area contributed by atoms with Crippen LogP contribution in [0.5, 0.6) is 5.75 Å². The zero-order valence-corrected chi connectivity index (χ0v) is 34.2. The Morgan fingerprint density at radius 1 is 0.392 bits per heavy atom. The molecule has 3 N–H and O–H groups in total. The van der Waals surface area contributed by atoms with Crippen molar-refractivity contribution in [3.63, 3.8) is 0 Å². The van der Waals surface area contributed by atoms with E-state index in [-0.39, 0.29) is 11.8 Å². The Hall–Kier alpha value is -1.71. The number of nitrogens with one attached hydrogen (secondary N) is 2. The van der Waals surface area contributed by atoms with Crippen LogP contribution in [0, 0.1) is 0 Å². The minimum atomic E-state index is -0.178. The molecule has 1 aromatic carbocycles. The Balaban J connectivity index is 1.63. The van der Waals surface area contributed by atoms with Gasteiger partial charge in [-0.2, -0.15) is 0 Å². The summed E-state index contributed by atoms with van der Waals surface area (Å²) in [6.45, 7) is 3.02. The Morgan fingerprint density at radius 2 is 0.627 bits per heavy atom. The fourth-order valence-electron chi connectivity index (χ4n) is 7.48. The van der Waals surface area contributed by atoms with E-state index in [0.29, 0.717) is 12.2 Å². The lowest BCUT2D eigenvalue weighted by Gasteiger charge is -2.07. The highest BCUT2D eigenvalue weighted by Crippen LogP contribution is 2.18. The first kappa shape index (κ1) is 47.3. The minimum absolute atomic E-state index is 0.178. The number of hydrogen-bond donors (Lipinski definition) is 3. The van der Waals surface area contributed by atoms with Crippen molar-refractivity contribution in [3.8, 4) is 5.75 Å². The summed E-state index contributed by atoms with van der Waals surface area (Å²) in [4.78, 5) is 11.9. The summed E-state index contributed by atoms with van der Waals surface area (Å²) >= 11 is 0. The Bertz CT molecular complexity index is 826. The number of hydrogen-bond acceptors (Lipinski definition) is 2. The summed E-state index contributed by atoms with van der Waals surface area (Å²) in [6, 6.07) is 6.35. The number of amides is 2. The van der Waals surface area contributed by atoms with Crippen LogP contribution in [0.25, 0.3) is 0 Å². The quantitative estimate of drug-likeness (QED) is 0.0468. The highest BCUT2D eigenvalue weighted by atomic mass is 16.3. The summed E-state index contributed by atoms with van der Waals surface area (Å²) in [5, 5.41) is 15.0. The van der Waals surface area contributed by atoms with E-state index in [9.17, 15) is 9.90 Å². The van der Waals surface area contributed by atoms with Gasteiger partial charge < -0.3 is 15.7 Å². The van der Waals surface area contributed by atoms with E-state index < -0.39 is 0 Å². The zero-order chi connectivity index (χ0) is 36.6. The van der Waals surface area contributed by atoms with Crippen molar-refractivity contribution in [1.82, 2.24) is 5.32 Å². The minimum Gasteiger partial charge on any atom is -0.508 e. The Labute approximate surface area is 318 Å². The average molecular weight is 713 g/mol. The van der Waals surface area contributed by atoms with E-state index in [0.717, 1.165) is 6.42 Å². The second kappa shape index (κ2) is 39.5. The highest BCUT2D eigenvalue weighted by molar-refractivity contribution is 5.89. The number of urea groups is 1. The third-order valence-corrected chi connectivity index (χ3v) is 10.9. The van der Waals surface area contributed by atoms with Crippen LogP contribution in [-0.4, -0.2) is 17.7 Å². The first-order chi connectivity index (χ1) is 25.2. The van der Waals surface area contributed by atoms with Gasteiger partial charge >= 0.3 is 6.03 Å². The SMILES string of the molecule is CCCCCCCCCCCCCCCCCCCCCCCCCCCCCCCCCCCCCCCCNC(=O)Nc1ccc(O)cc1. The summed E-state index contributed by atoms with van der Waals surface area (Å²) < 4.78 is 0. The lowest BCUT2D eigenvalue weighted by molar-refractivity contribution is 0.252. The molecule has 0 aliphatic rings. The van der Waals surface area contributed by atoms with Crippen molar-refractivity contribution in [2.75, 3.05) is 11.9 Å². The van der Waals surface area contributed by atoms with E-state index in [1.54, 1.807) is 24.3 Å². The molecular weight excluding hydrogens is 625 g/mol. The molecule has 0 heterocycles. The van der Waals surface area contributed by atoms with Gasteiger partial charge in [-0.3, -0.25) is 0 Å². The molecule has 1 aromatic rings. The summed E-state index contributed by atoms with van der Waals surface area (Å²) in [7, 11) is 0. The average Bonchev–Trinajstić information content (AvgIpc) is 3.13. The topological polar surface area (TPSA) is 61.4 Å². The Kier molecular flexibility index (Phi) is 36.6. The van der Waals surface area contributed by atoms with Gasteiger partial charge in [0.15, 0.2) is 0 Å². The molecule has 4 nitrogen and oxygen atoms in total. The number of anilines is 1. The molecule has 2 amide bonds. The number of aromatic hydroxyl groups is 1. The highest BCUT2D eigenvalue weighted by Gasteiger charge is 2.02.